The molecule has 5 heteroatoms. The van der Waals surface area contributed by atoms with Crippen LogP contribution in [0.15, 0.2) is 18.2 Å². The van der Waals surface area contributed by atoms with Crippen LogP contribution in [-0.4, -0.2) is 39.4 Å². The second-order valence-corrected chi connectivity index (χ2v) is 3.52. The summed E-state index contributed by atoms with van der Waals surface area (Å²) in [5, 5.41) is 0. The van der Waals surface area contributed by atoms with Gasteiger partial charge in [0.15, 0.2) is 11.5 Å². The first kappa shape index (κ1) is 13.2. The van der Waals surface area contributed by atoms with Crippen LogP contribution in [0.1, 0.15) is 5.56 Å². The zero-order valence-corrected chi connectivity index (χ0v) is 10.5. The fraction of sp³-hybridized carbons (Fsp3) is 0.417. The molecule has 1 rings (SSSR count). The summed E-state index contributed by atoms with van der Waals surface area (Å²) < 4.78 is 14.9. The number of amides is 1. The van der Waals surface area contributed by atoms with Gasteiger partial charge in [-0.25, -0.2) is 4.79 Å². The van der Waals surface area contributed by atoms with E-state index in [1.54, 1.807) is 27.3 Å². The molecule has 1 aromatic carbocycles. The molecule has 0 heterocycles. The highest BCUT2D eigenvalue weighted by Crippen LogP contribution is 2.27. The van der Waals surface area contributed by atoms with Crippen molar-refractivity contribution in [2.75, 3.05) is 28.4 Å². The number of hydrogen-bond donors (Lipinski definition) is 0. The SMILES string of the molecule is COC(=O)N(C)Cc1ccc(OC)c(OC)c1. The van der Waals surface area contributed by atoms with Gasteiger partial charge in [0, 0.05) is 13.6 Å². The van der Waals surface area contributed by atoms with Gasteiger partial charge in [-0.05, 0) is 17.7 Å². The third-order valence-corrected chi connectivity index (χ3v) is 2.35. The Bertz CT molecular complexity index is 392. The molecule has 1 amide bonds. The predicted molar refractivity (Wildman–Crippen MR) is 63.4 cm³/mol. The van der Waals surface area contributed by atoms with Crippen LogP contribution in [0.4, 0.5) is 4.79 Å². The minimum absolute atomic E-state index is 0.375. The van der Waals surface area contributed by atoms with Gasteiger partial charge in [0.2, 0.25) is 0 Å². The molecule has 94 valence electrons. The van der Waals surface area contributed by atoms with E-state index >= 15 is 0 Å². The Kier molecular flexibility index (Phi) is 4.63. The van der Waals surface area contributed by atoms with E-state index in [0.717, 1.165) is 5.56 Å². The number of benzene rings is 1. The highest BCUT2D eigenvalue weighted by molar-refractivity contribution is 5.67. The number of nitrogens with zero attached hydrogens (tertiary/aromatic N) is 1. The average molecular weight is 239 g/mol. The van der Waals surface area contributed by atoms with Crippen molar-refractivity contribution in [3.63, 3.8) is 0 Å². The summed E-state index contributed by atoms with van der Waals surface area (Å²) in [7, 11) is 6.18. The van der Waals surface area contributed by atoms with E-state index in [-0.39, 0.29) is 6.09 Å². The normalized spacial score (nSPS) is 9.65. The predicted octanol–water partition coefficient (Wildman–Crippen LogP) is 1.90. The van der Waals surface area contributed by atoms with Crippen molar-refractivity contribution in [1.82, 2.24) is 4.90 Å². The van der Waals surface area contributed by atoms with Crippen molar-refractivity contribution in [3.8, 4) is 11.5 Å². The van der Waals surface area contributed by atoms with Gasteiger partial charge in [-0.1, -0.05) is 6.07 Å². The second-order valence-electron chi connectivity index (χ2n) is 3.52. The maximum atomic E-state index is 11.2. The summed E-state index contributed by atoms with van der Waals surface area (Å²) in [5.74, 6) is 1.31. The van der Waals surface area contributed by atoms with Crippen LogP contribution in [0.25, 0.3) is 0 Å². The minimum Gasteiger partial charge on any atom is -0.493 e. The van der Waals surface area contributed by atoms with E-state index in [9.17, 15) is 4.79 Å². The van der Waals surface area contributed by atoms with E-state index in [1.807, 2.05) is 12.1 Å². The monoisotopic (exact) mass is 239 g/mol. The van der Waals surface area contributed by atoms with E-state index in [1.165, 1.54) is 12.0 Å². The summed E-state index contributed by atoms with van der Waals surface area (Å²) >= 11 is 0. The Labute approximate surface area is 101 Å². The first-order valence-electron chi connectivity index (χ1n) is 5.12. The van der Waals surface area contributed by atoms with Crippen LogP contribution < -0.4 is 9.47 Å². The van der Waals surface area contributed by atoms with Gasteiger partial charge in [-0.15, -0.1) is 0 Å². The zero-order chi connectivity index (χ0) is 12.8. The maximum absolute atomic E-state index is 11.2. The third kappa shape index (κ3) is 3.27. The van der Waals surface area contributed by atoms with Crippen molar-refractivity contribution >= 4 is 6.09 Å². The molecule has 0 aliphatic carbocycles. The van der Waals surface area contributed by atoms with Crippen LogP contribution in [0, 0.1) is 0 Å². The Morgan fingerprint density at radius 1 is 1.18 bits per heavy atom. The summed E-state index contributed by atoms with van der Waals surface area (Å²) in [6, 6.07) is 5.51. The lowest BCUT2D eigenvalue weighted by Crippen LogP contribution is -2.25. The van der Waals surface area contributed by atoms with Crippen LogP contribution in [-0.2, 0) is 11.3 Å². The lowest BCUT2D eigenvalue weighted by Gasteiger charge is -2.16. The van der Waals surface area contributed by atoms with Crippen molar-refractivity contribution in [3.05, 3.63) is 23.8 Å². The highest BCUT2D eigenvalue weighted by atomic mass is 16.5. The molecule has 0 aromatic heterocycles. The fourth-order valence-corrected chi connectivity index (χ4v) is 1.47. The number of hydrogen-bond acceptors (Lipinski definition) is 4. The van der Waals surface area contributed by atoms with Gasteiger partial charge in [0.25, 0.3) is 0 Å². The molecule has 0 bridgehead atoms. The first-order chi connectivity index (χ1) is 8.12. The molecular formula is C12H17NO4. The largest absolute Gasteiger partial charge is 0.493 e. The van der Waals surface area contributed by atoms with Crippen molar-refractivity contribution in [2.24, 2.45) is 0 Å². The quantitative estimate of drug-likeness (QED) is 0.805. The third-order valence-electron chi connectivity index (χ3n) is 2.35. The van der Waals surface area contributed by atoms with Gasteiger partial charge in [0.05, 0.1) is 21.3 Å². The summed E-state index contributed by atoms with van der Waals surface area (Å²) in [6.07, 6.45) is -0.375. The molecule has 0 aliphatic heterocycles. The average Bonchev–Trinajstić information content (AvgIpc) is 2.37. The van der Waals surface area contributed by atoms with Crippen molar-refractivity contribution in [1.29, 1.82) is 0 Å². The van der Waals surface area contributed by atoms with Gasteiger partial charge in [-0.3, -0.25) is 0 Å². The number of ether oxygens (including phenoxy) is 3. The standard InChI is InChI=1S/C12H17NO4/c1-13(12(14)17-4)8-9-5-6-10(15-2)11(7-9)16-3/h5-7H,8H2,1-4H3. The Hall–Kier alpha value is -1.91. The lowest BCUT2D eigenvalue weighted by atomic mass is 10.2. The van der Waals surface area contributed by atoms with E-state index < -0.39 is 0 Å². The summed E-state index contributed by atoms with van der Waals surface area (Å²) in [5.41, 5.74) is 0.940. The minimum atomic E-state index is -0.375. The Morgan fingerprint density at radius 2 is 1.82 bits per heavy atom. The molecule has 0 aliphatic rings. The Morgan fingerprint density at radius 3 is 2.35 bits per heavy atom. The Balaban J connectivity index is 2.82. The highest BCUT2D eigenvalue weighted by Gasteiger charge is 2.10. The van der Waals surface area contributed by atoms with E-state index in [4.69, 9.17) is 9.47 Å². The lowest BCUT2D eigenvalue weighted by molar-refractivity contribution is 0.131. The molecular weight excluding hydrogens is 222 g/mol. The van der Waals surface area contributed by atoms with Crippen molar-refractivity contribution < 1.29 is 19.0 Å². The number of carbonyl (C=O) groups excluding carboxylic acids is 1. The van der Waals surface area contributed by atoms with Gasteiger partial charge in [0.1, 0.15) is 0 Å². The zero-order valence-electron chi connectivity index (χ0n) is 10.5. The molecule has 0 N–H and O–H groups in total. The number of rotatable bonds is 4. The molecule has 0 radical (unpaired) electrons. The maximum Gasteiger partial charge on any atom is 0.409 e. The van der Waals surface area contributed by atoms with Crippen LogP contribution >= 0.6 is 0 Å². The van der Waals surface area contributed by atoms with E-state index in [0.29, 0.717) is 18.0 Å². The molecule has 0 saturated carbocycles. The van der Waals surface area contributed by atoms with Crippen LogP contribution in [0.3, 0.4) is 0 Å². The second kappa shape index (κ2) is 5.98. The van der Waals surface area contributed by atoms with Crippen LogP contribution in [0.5, 0.6) is 11.5 Å². The topological polar surface area (TPSA) is 48.0 Å². The van der Waals surface area contributed by atoms with E-state index in [2.05, 4.69) is 4.74 Å². The fourth-order valence-electron chi connectivity index (χ4n) is 1.47. The molecule has 5 nitrogen and oxygen atoms in total. The molecule has 17 heavy (non-hydrogen) atoms. The summed E-state index contributed by atoms with van der Waals surface area (Å²) in [4.78, 5) is 12.7. The first-order valence-corrected chi connectivity index (χ1v) is 5.12. The molecule has 0 atom stereocenters. The van der Waals surface area contributed by atoms with Gasteiger partial charge < -0.3 is 19.1 Å². The molecule has 1 aromatic rings. The van der Waals surface area contributed by atoms with Crippen LogP contribution in [0.2, 0.25) is 0 Å². The smallest absolute Gasteiger partial charge is 0.409 e. The molecule has 0 fully saturated rings. The van der Waals surface area contributed by atoms with Gasteiger partial charge >= 0.3 is 6.09 Å². The molecule has 0 saturated heterocycles. The number of methoxy groups -OCH3 is 3. The molecule has 0 spiro atoms. The molecule has 0 unspecified atom stereocenters. The summed E-state index contributed by atoms with van der Waals surface area (Å²) in [6.45, 7) is 0.451. The van der Waals surface area contributed by atoms with Crippen molar-refractivity contribution in [2.45, 2.75) is 6.54 Å². The number of carbonyl (C=O) groups is 1. The van der Waals surface area contributed by atoms with Gasteiger partial charge in [-0.2, -0.15) is 0 Å².